The van der Waals surface area contributed by atoms with Crippen LogP contribution in [0.3, 0.4) is 0 Å². The zero-order chi connectivity index (χ0) is 13.1. The van der Waals surface area contributed by atoms with Crippen molar-refractivity contribution in [1.82, 2.24) is 6.15 Å². The molecule has 0 bridgehead atoms. The molecule has 0 unspecified atom stereocenters. The first-order valence-electron chi connectivity index (χ1n) is 5.33. The summed E-state index contributed by atoms with van der Waals surface area (Å²) in [5.41, 5.74) is 2.21. The molecule has 19 heavy (non-hydrogen) atoms. The van der Waals surface area contributed by atoms with E-state index in [9.17, 15) is 9.59 Å². The van der Waals surface area contributed by atoms with Gasteiger partial charge in [-0.1, -0.05) is 29.4 Å². The minimum atomic E-state index is -1.10. The zero-order valence-electron chi connectivity index (χ0n) is 10.4. The number of carboxylic acid groups (broad SMARTS) is 1. The van der Waals surface area contributed by atoms with Gasteiger partial charge in [-0.15, -0.1) is 0 Å². The van der Waals surface area contributed by atoms with Gasteiger partial charge in [0, 0.05) is 11.1 Å². The number of benzene rings is 1. The van der Waals surface area contributed by atoms with E-state index < -0.39 is 12.6 Å². The van der Waals surface area contributed by atoms with Crippen molar-refractivity contribution < 1.29 is 19.5 Å². The van der Waals surface area contributed by atoms with Crippen LogP contribution in [0.4, 0.5) is 0 Å². The number of nitrogens with zero attached hydrogens (tertiary/aromatic N) is 1. The van der Waals surface area contributed by atoms with Crippen molar-refractivity contribution in [2.24, 2.45) is 5.16 Å². The summed E-state index contributed by atoms with van der Waals surface area (Å²) in [6.45, 7) is 1.18. The van der Waals surface area contributed by atoms with Crippen molar-refractivity contribution in [3.05, 3.63) is 47.0 Å². The predicted octanol–water partition coefficient (Wildman–Crippen LogP) is 1.80. The van der Waals surface area contributed by atoms with Gasteiger partial charge in [-0.25, -0.2) is 4.79 Å². The van der Waals surface area contributed by atoms with Gasteiger partial charge in [-0.05, 0) is 18.6 Å². The zero-order valence-corrected chi connectivity index (χ0v) is 10.4. The lowest BCUT2D eigenvalue weighted by Crippen LogP contribution is -2.16. The Morgan fingerprint density at radius 1 is 1.32 bits per heavy atom. The average molecular weight is 262 g/mol. The first-order chi connectivity index (χ1) is 8.59. The third-order valence-electron chi connectivity index (χ3n) is 2.51. The van der Waals surface area contributed by atoms with Crippen molar-refractivity contribution in [1.29, 1.82) is 0 Å². The average Bonchev–Trinajstić information content (AvgIpc) is 2.35. The second kappa shape index (κ2) is 5.92. The number of Topliss-reactive ketones (excluding diaryl/α,β-unsaturated/α-hetero) is 1. The largest absolute Gasteiger partial charge is 0.479 e. The molecule has 0 aliphatic heterocycles. The van der Waals surface area contributed by atoms with Crippen LogP contribution >= 0.6 is 0 Å². The van der Waals surface area contributed by atoms with Crippen molar-refractivity contribution in [2.75, 3.05) is 6.61 Å². The van der Waals surface area contributed by atoms with Crippen LogP contribution in [-0.4, -0.2) is 29.2 Å². The highest BCUT2D eigenvalue weighted by atomic mass is 16.6. The van der Waals surface area contributed by atoms with Crippen LogP contribution in [-0.2, 0) is 9.63 Å². The molecule has 0 fully saturated rings. The fraction of sp³-hybridized carbons (Fsp3) is 0.154. The van der Waals surface area contributed by atoms with Gasteiger partial charge in [0.25, 0.3) is 0 Å². The van der Waals surface area contributed by atoms with Gasteiger partial charge < -0.3 is 16.1 Å². The van der Waals surface area contributed by atoms with E-state index in [4.69, 9.17) is 9.94 Å². The van der Waals surface area contributed by atoms with E-state index in [1.807, 2.05) is 0 Å². The third kappa shape index (κ3) is 3.05. The number of carboxylic acids is 1. The van der Waals surface area contributed by atoms with Crippen LogP contribution in [0.1, 0.15) is 22.8 Å². The Kier molecular flexibility index (Phi) is 4.55. The molecule has 4 N–H and O–H groups in total. The van der Waals surface area contributed by atoms with Gasteiger partial charge in [0.1, 0.15) is 5.71 Å². The van der Waals surface area contributed by atoms with E-state index in [1.54, 1.807) is 37.3 Å². The Labute approximate surface area is 110 Å². The number of oxime groups is 1. The summed E-state index contributed by atoms with van der Waals surface area (Å²) >= 11 is 0. The fourth-order valence-electron chi connectivity index (χ4n) is 1.70. The summed E-state index contributed by atoms with van der Waals surface area (Å²) in [6.07, 6.45) is 1.59. The topological polar surface area (TPSA) is 111 Å². The molecule has 6 heteroatoms. The summed E-state index contributed by atoms with van der Waals surface area (Å²) in [5, 5.41) is 12.2. The number of rotatable bonds is 3. The SMILES string of the molecule is CC1=C/C(=N/OCC(=O)O)c2ccccc2C1=O.N. The monoisotopic (exact) mass is 262 g/mol. The lowest BCUT2D eigenvalue weighted by molar-refractivity contribution is -0.142. The van der Waals surface area contributed by atoms with E-state index in [0.717, 1.165) is 0 Å². The van der Waals surface area contributed by atoms with Crippen molar-refractivity contribution in [2.45, 2.75) is 6.92 Å². The first-order valence-corrected chi connectivity index (χ1v) is 5.33. The number of carbonyl (C=O) groups is 2. The van der Waals surface area contributed by atoms with Crippen LogP contribution in [0.2, 0.25) is 0 Å². The first kappa shape index (κ1) is 14.6. The molecule has 6 nitrogen and oxygen atoms in total. The van der Waals surface area contributed by atoms with Crippen LogP contribution in [0.25, 0.3) is 0 Å². The Hall–Kier alpha value is -2.47. The van der Waals surface area contributed by atoms with Gasteiger partial charge in [0.15, 0.2) is 5.78 Å². The van der Waals surface area contributed by atoms with Crippen LogP contribution in [0.5, 0.6) is 0 Å². The molecule has 0 spiro atoms. The van der Waals surface area contributed by atoms with Crippen molar-refractivity contribution >= 4 is 17.5 Å². The highest BCUT2D eigenvalue weighted by molar-refractivity contribution is 6.25. The second-order valence-corrected chi connectivity index (χ2v) is 3.85. The Morgan fingerprint density at radius 3 is 2.58 bits per heavy atom. The molecule has 0 atom stereocenters. The molecule has 0 saturated carbocycles. The maximum absolute atomic E-state index is 11.9. The Balaban J connectivity index is 0.00000180. The van der Waals surface area contributed by atoms with Crippen LogP contribution in [0, 0.1) is 0 Å². The number of ketones is 1. The summed E-state index contributed by atoms with van der Waals surface area (Å²) < 4.78 is 0. The van der Waals surface area contributed by atoms with Gasteiger partial charge in [0.2, 0.25) is 6.61 Å². The van der Waals surface area contributed by atoms with Gasteiger partial charge >= 0.3 is 5.97 Å². The minimum Gasteiger partial charge on any atom is -0.479 e. The second-order valence-electron chi connectivity index (χ2n) is 3.85. The Bertz CT molecular complexity index is 576. The minimum absolute atomic E-state index is 0. The fourth-order valence-corrected chi connectivity index (χ4v) is 1.70. The molecular weight excluding hydrogens is 248 g/mol. The van der Waals surface area contributed by atoms with E-state index in [0.29, 0.717) is 22.4 Å². The number of carbonyl (C=O) groups excluding carboxylic acids is 1. The lowest BCUT2D eigenvalue weighted by Gasteiger charge is -2.14. The molecule has 1 aliphatic rings. The lowest BCUT2D eigenvalue weighted by atomic mass is 9.90. The maximum atomic E-state index is 11.9. The van der Waals surface area contributed by atoms with E-state index in [1.165, 1.54) is 0 Å². The molecule has 0 saturated heterocycles. The predicted molar refractivity (Wildman–Crippen MR) is 69.7 cm³/mol. The van der Waals surface area contributed by atoms with Gasteiger partial charge in [0.05, 0.1) is 0 Å². The molecule has 0 amide bonds. The molecule has 0 heterocycles. The summed E-state index contributed by atoms with van der Waals surface area (Å²) in [6, 6.07) is 7.01. The molecule has 1 aliphatic carbocycles. The Morgan fingerprint density at radius 2 is 1.95 bits per heavy atom. The van der Waals surface area contributed by atoms with Gasteiger partial charge in [-0.3, -0.25) is 4.79 Å². The van der Waals surface area contributed by atoms with E-state index in [-0.39, 0.29) is 11.9 Å². The van der Waals surface area contributed by atoms with Gasteiger partial charge in [-0.2, -0.15) is 0 Å². The number of hydrogen-bond acceptors (Lipinski definition) is 5. The van der Waals surface area contributed by atoms with Crippen molar-refractivity contribution in [3.63, 3.8) is 0 Å². The quantitative estimate of drug-likeness (QED) is 0.807. The normalized spacial score (nSPS) is 15.3. The number of aliphatic carboxylic acids is 1. The molecule has 2 rings (SSSR count). The van der Waals surface area contributed by atoms with E-state index >= 15 is 0 Å². The summed E-state index contributed by atoms with van der Waals surface area (Å²) in [4.78, 5) is 26.9. The molecule has 0 aromatic heterocycles. The molecular formula is C13H14N2O4. The smallest absolute Gasteiger partial charge is 0.344 e. The van der Waals surface area contributed by atoms with Crippen LogP contribution < -0.4 is 6.15 Å². The number of fused-ring (bicyclic) bond motifs is 1. The highest BCUT2D eigenvalue weighted by Crippen LogP contribution is 2.21. The molecule has 1 aromatic rings. The maximum Gasteiger partial charge on any atom is 0.344 e. The number of allylic oxidation sites excluding steroid dienone is 2. The third-order valence-corrected chi connectivity index (χ3v) is 2.51. The number of hydrogen-bond donors (Lipinski definition) is 2. The summed E-state index contributed by atoms with van der Waals surface area (Å²) in [7, 11) is 0. The molecule has 100 valence electrons. The standard InChI is InChI=1S/C13H11NO4.H3N/c1-8-6-11(14-18-7-12(15)16)9-4-2-3-5-10(9)13(8)17;/h2-6H,7H2,1H3,(H,15,16);1H3/b14-11-;. The molecule has 0 radical (unpaired) electrons. The van der Waals surface area contributed by atoms with Crippen LogP contribution in [0.15, 0.2) is 41.1 Å². The highest BCUT2D eigenvalue weighted by Gasteiger charge is 2.21. The van der Waals surface area contributed by atoms with Crippen molar-refractivity contribution in [3.8, 4) is 0 Å². The summed E-state index contributed by atoms with van der Waals surface area (Å²) in [5.74, 6) is -1.15. The van der Waals surface area contributed by atoms with E-state index in [2.05, 4.69) is 5.16 Å². The molecule has 1 aromatic carbocycles.